The smallest absolute Gasteiger partial charge is 0.195 e. The highest BCUT2D eigenvalue weighted by Crippen LogP contribution is 2.17. The first-order valence-corrected chi connectivity index (χ1v) is 9.97. The van der Waals surface area contributed by atoms with Gasteiger partial charge in [0.25, 0.3) is 0 Å². The van der Waals surface area contributed by atoms with Crippen molar-refractivity contribution in [2.75, 3.05) is 26.8 Å². The zero-order chi connectivity index (χ0) is 21.5. The van der Waals surface area contributed by atoms with Gasteiger partial charge in [-0.25, -0.2) is 0 Å². The van der Waals surface area contributed by atoms with Gasteiger partial charge in [-0.05, 0) is 17.4 Å². The molecule has 1 atom stereocenters. The third-order valence-corrected chi connectivity index (χ3v) is 3.66. The third-order valence-electron chi connectivity index (χ3n) is 3.66. The second-order valence-electron chi connectivity index (χ2n) is 7.51. The fourth-order valence-electron chi connectivity index (χ4n) is 2.27. The summed E-state index contributed by atoms with van der Waals surface area (Å²) in [5.74, 6) is 0.840. The number of ether oxygens (including phenoxy) is 3. The highest BCUT2D eigenvalue weighted by molar-refractivity contribution is 5.99. The van der Waals surface area contributed by atoms with Crippen LogP contribution in [0.5, 0.6) is 0 Å². The van der Waals surface area contributed by atoms with Gasteiger partial charge in [0, 0.05) is 5.56 Å². The second kappa shape index (κ2) is 14.9. The van der Waals surface area contributed by atoms with Crippen molar-refractivity contribution in [2.45, 2.75) is 33.8 Å². The molecule has 0 saturated carbocycles. The minimum absolute atomic E-state index is 0.271. The highest BCUT2D eigenvalue weighted by Gasteiger charge is 2.18. The van der Waals surface area contributed by atoms with Gasteiger partial charge in [-0.3, -0.25) is 4.79 Å². The maximum atomic E-state index is 11.9. The monoisotopic (exact) mass is 402 g/mol. The number of aliphatic hydroxyl groups is 1. The van der Waals surface area contributed by atoms with Crippen LogP contribution in [-0.4, -0.2) is 37.7 Å². The average molecular weight is 403 g/mol. The van der Waals surface area contributed by atoms with E-state index in [9.17, 15) is 9.90 Å². The Bertz CT molecular complexity index is 643. The summed E-state index contributed by atoms with van der Waals surface area (Å²) < 4.78 is 15.5. The van der Waals surface area contributed by atoms with Gasteiger partial charge >= 0.3 is 0 Å². The highest BCUT2D eigenvalue weighted by atomic mass is 16.7. The van der Waals surface area contributed by atoms with E-state index in [0.29, 0.717) is 36.5 Å². The molecule has 0 heterocycles. The van der Waals surface area contributed by atoms with Crippen LogP contribution in [0, 0.1) is 11.8 Å². The minimum Gasteiger partial charge on any atom is -0.380 e. The first-order valence-electron chi connectivity index (χ1n) is 9.97. The molecule has 2 aromatic rings. The number of hydrogen-bond donors (Lipinski definition) is 1. The number of Topliss-reactive ketones (excluding diaryl/α,β-unsaturated/α-hetero) is 1. The van der Waals surface area contributed by atoms with Crippen LogP contribution in [-0.2, 0) is 14.2 Å². The number of benzene rings is 2. The molecule has 5 heteroatoms. The van der Waals surface area contributed by atoms with Gasteiger partial charge in [0.05, 0.1) is 13.2 Å². The predicted octanol–water partition coefficient (Wildman–Crippen LogP) is 4.87. The topological polar surface area (TPSA) is 65.0 Å². The van der Waals surface area contributed by atoms with Crippen molar-refractivity contribution in [3.63, 3.8) is 0 Å². The second-order valence-corrected chi connectivity index (χ2v) is 7.51. The molecule has 0 amide bonds. The zero-order valence-corrected chi connectivity index (χ0v) is 17.9. The van der Waals surface area contributed by atoms with Gasteiger partial charge < -0.3 is 19.3 Å². The maximum absolute atomic E-state index is 11.9. The molecule has 0 aliphatic rings. The van der Waals surface area contributed by atoms with E-state index in [1.54, 1.807) is 48.5 Å². The lowest BCUT2D eigenvalue weighted by atomic mass is 10.0. The Morgan fingerprint density at radius 1 is 0.759 bits per heavy atom. The van der Waals surface area contributed by atoms with Gasteiger partial charge in [-0.2, -0.15) is 0 Å². The van der Waals surface area contributed by atoms with E-state index in [-0.39, 0.29) is 5.78 Å². The summed E-state index contributed by atoms with van der Waals surface area (Å²) in [7, 11) is 0. The molecule has 0 spiro atoms. The largest absolute Gasteiger partial charge is 0.380 e. The number of hydrogen-bond acceptors (Lipinski definition) is 5. The number of carbonyl (C=O) groups is 1. The fourth-order valence-corrected chi connectivity index (χ4v) is 2.27. The SMILES string of the molecule is CC(C)COCOCOCC(C)C.O=C(c1ccccc1)C(O)c1ccccc1. The Hall–Kier alpha value is -2.05. The van der Waals surface area contributed by atoms with E-state index in [1.165, 1.54) is 0 Å². The van der Waals surface area contributed by atoms with Crippen LogP contribution in [0.25, 0.3) is 0 Å². The average Bonchev–Trinajstić information content (AvgIpc) is 2.73. The van der Waals surface area contributed by atoms with Crippen LogP contribution >= 0.6 is 0 Å². The molecule has 2 rings (SSSR count). The van der Waals surface area contributed by atoms with Gasteiger partial charge in [0.15, 0.2) is 5.78 Å². The first-order chi connectivity index (χ1) is 13.9. The van der Waals surface area contributed by atoms with Crippen LogP contribution in [0.4, 0.5) is 0 Å². The lowest BCUT2D eigenvalue weighted by Crippen LogP contribution is -2.11. The van der Waals surface area contributed by atoms with Crippen molar-refractivity contribution in [3.8, 4) is 0 Å². The Morgan fingerprint density at radius 2 is 1.21 bits per heavy atom. The van der Waals surface area contributed by atoms with Crippen LogP contribution in [0.15, 0.2) is 60.7 Å². The number of aliphatic hydroxyl groups excluding tert-OH is 1. The Balaban J connectivity index is 0.000000298. The predicted molar refractivity (Wildman–Crippen MR) is 115 cm³/mol. The summed E-state index contributed by atoms with van der Waals surface area (Å²) in [5, 5.41) is 9.89. The van der Waals surface area contributed by atoms with Gasteiger partial charge in [-0.15, -0.1) is 0 Å². The van der Waals surface area contributed by atoms with Crippen LogP contribution in [0.3, 0.4) is 0 Å². The molecule has 0 radical (unpaired) electrons. The Labute approximate surface area is 174 Å². The number of rotatable bonds is 11. The van der Waals surface area contributed by atoms with Crippen molar-refractivity contribution in [3.05, 3.63) is 71.8 Å². The molecule has 5 nitrogen and oxygen atoms in total. The van der Waals surface area contributed by atoms with Crippen molar-refractivity contribution < 1.29 is 24.1 Å². The molecule has 29 heavy (non-hydrogen) atoms. The minimum atomic E-state index is -1.08. The maximum Gasteiger partial charge on any atom is 0.195 e. The summed E-state index contributed by atoms with van der Waals surface area (Å²) in [6, 6.07) is 17.7. The Kier molecular flexibility index (Phi) is 12.8. The first kappa shape index (κ1) is 25.0. The quantitative estimate of drug-likeness (QED) is 0.330. The van der Waals surface area contributed by atoms with Crippen LogP contribution in [0.2, 0.25) is 0 Å². The molecule has 0 aliphatic heterocycles. The molecule has 1 N–H and O–H groups in total. The standard InChI is InChI=1S/C14H12O2.C10H22O3/c15-13(11-7-3-1-4-8-11)14(16)12-9-5-2-6-10-12;1-9(2)5-11-7-13-8-12-6-10(3)4/h1-10,13,15H;9-10H,5-8H2,1-4H3. The lowest BCUT2D eigenvalue weighted by Gasteiger charge is -2.09. The van der Waals surface area contributed by atoms with E-state index >= 15 is 0 Å². The molecule has 0 aromatic heterocycles. The van der Waals surface area contributed by atoms with Crippen molar-refractivity contribution >= 4 is 5.78 Å². The van der Waals surface area contributed by atoms with Crippen molar-refractivity contribution in [1.29, 1.82) is 0 Å². The van der Waals surface area contributed by atoms with E-state index in [4.69, 9.17) is 14.2 Å². The van der Waals surface area contributed by atoms with Gasteiger partial charge in [-0.1, -0.05) is 88.4 Å². The molecule has 0 saturated heterocycles. The molecule has 0 aliphatic carbocycles. The van der Waals surface area contributed by atoms with E-state index in [1.807, 2.05) is 12.1 Å². The van der Waals surface area contributed by atoms with Crippen LogP contribution < -0.4 is 0 Å². The summed E-state index contributed by atoms with van der Waals surface area (Å²) in [5.41, 5.74) is 1.15. The van der Waals surface area contributed by atoms with Crippen LogP contribution in [0.1, 0.15) is 49.7 Å². The summed E-state index contributed by atoms with van der Waals surface area (Å²) in [6.45, 7) is 10.6. The van der Waals surface area contributed by atoms with Crippen molar-refractivity contribution in [2.24, 2.45) is 11.8 Å². The van der Waals surface area contributed by atoms with Gasteiger partial charge in [0.2, 0.25) is 0 Å². The molecule has 1 unspecified atom stereocenters. The molecular weight excluding hydrogens is 368 g/mol. The molecule has 2 aromatic carbocycles. The third kappa shape index (κ3) is 11.5. The fraction of sp³-hybridized carbons (Fsp3) is 0.458. The normalized spacial score (nSPS) is 11.8. The summed E-state index contributed by atoms with van der Waals surface area (Å²) >= 11 is 0. The molecular formula is C24H34O5. The lowest BCUT2D eigenvalue weighted by molar-refractivity contribution is -0.137. The zero-order valence-electron chi connectivity index (χ0n) is 17.9. The van der Waals surface area contributed by atoms with E-state index in [2.05, 4.69) is 27.7 Å². The number of ketones is 1. The van der Waals surface area contributed by atoms with E-state index < -0.39 is 6.10 Å². The van der Waals surface area contributed by atoms with Gasteiger partial charge in [0.1, 0.15) is 19.7 Å². The molecule has 160 valence electrons. The summed E-state index contributed by atoms with van der Waals surface area (Å²) in [6.07, 6.45) is -1.08. The summed E-state index contributed by atoms with van der Waals surface area (Å²) in [4.78, 5) is 11.9. The van der Waals surface area contributed by atoms with Crippen molar-refractivity contribution in [1.82, 2.24) is 0 Å². The number of carbonyl (C=O) groups excluding carboxylic acids is 1. The van der Waals surface area contributed by atoms with E-state index in [0.717, 1.165) is 13.2 Å². The molecule has 0 bridgehead atoms. The molecule has 0 fully saturated rings. The Morgan fingerprint density at radius 3 is 1.66 bits per heavy atom.